The van der Waals surface area contributed by atoms with Crippen LogP contribution in [-0.4, -0.2) is 15.0 Å². The number of rotatable bonds is 2. The largest absolute Gasteiger partial charge is 0.384 e. The van der Waals surface area contributed by atoms with Crippen molar-refractivity contribution >= 4 is 5.82 Å². The van der Waals surface area contributed by atoms with Crippen LogP contribution in [0.1, 0.15) is 42.9 Å². The third-order valence-electron chi connectivity index (χ3n) is 3.80. The van der Waals surface area contributed by atoms with E-state index in [2.05, 4.69) is 9.97 Å². The maximum Gasteiger partial charge on any atom is 0.162 e. The number of pyridine rings is 1. The van der Waals surface area contributed by atoms with Gasteiger partial charge in [-0.2, -0.15) is 0 Å². The van der Waals surface area contributed by atoms with E-state index in [9.17, 15) is 0 Å². The van der Waals surface area contributed by atoms with Crippen molar-refractivity contribution in [1.82, 2.24) is 15.0 Å². The molecule has 98 valence electrons. The molecule has 0 aromatic carbocycles. The van der Waals surface area contributed by atoms with Crippen molar-refractivity contribution in [3.05, 3.63) is 35.8 Å². The van der Waals surface area contributed by atoms with Crippen molar-refractivity contribution in [3.8, 4) is 11.4 Å². The van der Waals surface area contributed by atoms with Crippen LogP contribution in [0, 0.1) is 6.92 Å². The number of aryl methyl sites for hydroxylation is 1. The minimum Gasteiger partial charge on any atom is -0.384 e. The lowest BCUT2D eigenvalue weighted by Crippen LogP contribution is -2.04. The van der Waals surface area contributed by atoms with Gasteiger partial charge in [-0.3, -0.25) is 4.98 Å². The Kier molecular flexibility index (Phi) is 3.15. The summed E-state index contributed by atoms with van der Waals surface area (Å²) in [6.07, 6.45) is 8.61. The number of anilines is 1. The maximum absolute atomic E-state index is 5.95. The Morgan fingerprint density at radius 1 is 1.21 bits per heavy atom. The quantitative estimate of drug-likeness (QED) is 0.894. The molecule has 0 atom stereocenters. The Morgan fingerprint density at radius 2 is 2.00 bits per heavy atom. The van der Waals surface area contributed by atoms with Crippen LogP contribution in [0.4, 0.5) is 5.82 Å². The molecular formula is C15H18N4. The molecule has 1 saturated carbocycles. The Balaban J connectivity index is 2.04. The van der Waals surface area contributed by atoms with Crippen LogP contribution in [0.2, 0.25) is 0 Å². The first-order valence-corrected chi connectivity index (χ1v) is 6.79. The third kappa shape index (κ3) is 2.43. The van der Waals surface area contributed by atoms with E-state index < -0.39 is 0 Å². The van der Waals surface area contributed by atoms with Crippen molar-refractivity contribution in [2.45, 2.75) is 38.5 Å². The van der Waals surface area contributed by atoms with Crippen LogP contribution in [0.3, 0.4) is 0 Å². The first-order valence-electron chi connectivity index (χ1n) is 6.79. The highest BCUT2D eigenvalue weighted by Gasteiger charge is 2.20. The lowest BCUT2D eigenvalue weighted by Gasteiger charge is -2.11. The number of nitrogen functional groups attached to an aromatic ring is 1. The fraction of sp³-hybridized carbons (Fsp3) is 0.400. The van der Waals surface area contributed by atoms with E-state index in [0.29, 0.717) is 11.7 Å². The molecule has 1 aliphatic rings. The Labute approximate surface area is 113 Å². The molecule has 19 heavy (non-hydrogen) atoms. The molecule has 2 heterocycles. The third-order valence-corrected chi connectivity index (χ3v) is 3.80. The molecule has 0 spiro atoms. The smallest absolute Gasteiger partial charge is 0.162 e. The molecule has 3 rings (SSSR count). The summed E-state index contributed by atoms with van der Waals surface area (Å²) in [5.41, 5.74) is 9.13. The lowest BCUT2D eigenvalue weighted by atomic mass is 10.0. The van der Waals surface area contributed by atoms with Gasteiger partial charge in [0.15, 0.2) is 5.82 Å². The van der Waals surface area contributed by atoms with E-state index in [-0.39, 0.29) is 0 Å². The van der Waals surface area contributed by atoms with Crippen molar-refractivity contribution in [2.75, 3.05) is 5.73 Å². The van der Waals surface area contributed by atoms with Gasteiger partial charge in [0, 0.05) is 35.6 Å². The molecular weight excluding hydrogens is 236 g/mol. The zero-order chi connectivity index (χ0) is 13.2. The van der Waals surface area contributed by atoms with E-state index in [0.717, 1.165) is 22.6 Å². The van der Waals surface area contributed by atoms with E-state index in [4.69, 9.17) is 10.7 Å². The summed E-state index contributed by atoms with van der Waals surface area (Å²) in [5, 5.41) is 0. The second-order valence-electron chi connectivity index (χ2n) is 5.21. The molecule has 0 radical (unpaired) electrons. The second-order valence-corrected chi connectivity index (χ2v) is 5.21. The average Bonchev–Trinajstić information content (AvgIpc) is 2.92. The molecule has 4 heteroatoms. The van der Waals surface area contributed by atoms with Crippen LogP contribution in [0.25, 0.3) is 11.4 Å². The standard InChI is InChI=1S/C15H18N4/c1-10-9-17-7-6-12(10)15-18-13(8-14(16)19-15)11-4-2-3-5-11/h6-9,11H,2-5H2,1H3,(H2,16,18,19). The van der Waals surface area contributed by atoms with Gasteiger partial charge in [0.2, 0.25) is 0 Å². The predicted molar refractivity (Wildman–Crippen MR) is 75.6 cm³/mol. The van der Waals surface area contributed by atoms with E-state index in [1.54, 1.807) is 6.20 Å². The van der Waals surface area contributed by atoms with Gasteiger partial charge in [-0.05, 0) is 31.4 Å². The predicted octanol–water partition coefficient (Wildman–Crippen LogP) is 3.09. The molecule has 1 aliphatic carbocycles. The van der Waals surface area contributed by atoms with Gasteiger partial charge < -0.3 is 5.73 Å². The summed E-state index contributed by atoms with van der Waals surface area (Å²) < 4.78 is 0. The van der Waals surface area contributed by atoms with Crippen molar-refractivity contribution in [1.29, 1.82) is 0 Å². The summed E-state index contributed by atoms with van der Waals surface area (Å²) in [4.78, 5) is 13.2. The van der Waals surface area contributed by atoms with Gasteiger partial charge in [0.25, 0.3) is 0 Å². The Hall–Kier alpha value is -1.97. The van der Waals surface area contributed by atoms with Crippen LogP contribution in [-0.2, 0) is 0 Å². The highest BCUT2D eigenvalue weighted by Crippen LogP contribution is 2.34. The van der Waals surface area contributed by atoms with E-state index in [1.807, 2.05) is 25.3 Å². The van der Waals surface area contributed by atoms with Crippen LogP contribution in [0.5, 0.6) is 0 Å². The van der Waals surface area contributed by atoms with Crippen LogP contribution < -0.4 is 5.73 Å². The number of nitrogens with zero attached hydrogens (tertiary/aromatic N) is 3. The topological polar surface area (TPSA) is 64.7 Å². The highest BCUT2D eigenvalue weighted by molar-refractivity contribution is 5.60. The molecule has 1 fully saturated rings. The molecule has 2 aromatic rings. The highest BCUT2D eigenvalue weighted by atomic mass is 14.9. The van der Waals surface area contributed by atoms with Crippen LogP contribution in [0.15, 0.2) is 24.5 Å². The first kappa shape index (κ1) is 12.1. The number of aromatic nitrogens is 3. The Bertz CT molecular complexity index is 588. The SMILES string of the molecule is Cc1cnccc1-c1nc(N)cc(C2CCCC2)n1. The average molecular weight is 254 g/mol. The molecule has 0 aliphatic heterocycles. The number of nitrogens with two attached hydrogens (primary N) is 1. The van der Waals surface area contributed by atoms with Gasteiger partial charge in [0.1, 0.15) is 5.82 Å². The normalized spacial score (nSPS) is 15.8. The molecule has 0 amide bonds. The minimum atomic E-state index is 0.547. The lowest BCUT2D eigenvalue weighted by molar-refractivity contribution is 0.696. The molecule has 0 unspecified atom stereocenters. The van der Waals surface area contributed by atoms with E-state index in [1.165, 1.54) is 25.7 Å². The molecule has 4 nitrogen and oxygen atoms in total. The summed E-state index contributed by atoms with van der Waals surface area (Å²) in [6, 6.07) is 3.87. The molecule has 2 aromatic heterocycles. The van der Waals surface area contributed by atoms with Gasteiger partial charge >= 0.3 is 0 Å². The fourth-order valence-corrected chi connectivity index (χ4v) is 2.76. The van der Waals surface area contributed by atoms with Gasteiger partial charge in [0.05, 0.1) is 0 Å². The second kappa shape index (κ2) is 4.96. The van der Waals surface area contributed by atoms with Gasteiger partial charge in [-0.15, -0.1) is 0 Å². The Morgan fingerprint density at radius 3 is 2.74 bits per heavy atom. The number of hydrogen-bond acceptors (Lipinski definition) is 4. The molecule has 0 saturated heterocycles. The zero-order valence-corrected chi connectivity index (χ0v) is 11.1. The van der Waals surface area contributed by atoms with Crippen molar-refractivity contribution in [2.24, 2.45) is 0 Å². The summed E-state index contributed by atoms with van der Waals surface area (Å²) in [6.45, 7) is 2.02. The summed E-state index contributed by atoms with van der Waals surface area (Å²) in [7, 11) is 0. The fourth-order valence-electron chi connectivity index (χ4n) is 2.76. The number of hydrogen-bond donors (Lipinski definition) is 1. The van der Waals surface area contributed by atoms with Gasteiger partial charge in [-0.25, -0.2) is 9.97 Å². The van der Waals surface area contributed by atoms with E-state index >= 15 is 0 Å². The van der Waals surface area contributed by atoms with Crippen molar-refractivity contribution in [3.63, 3.8) is 0 Å². The monoisotopic (exact) mass is 254 g/mol. The van der Waals surface area contributed by atoms with Crippen LogP contribution >= 0.6 is 0 Å². The zero-order valence-electron chi connectivity index (χ0n) is 11.1. The summed E-state index contributed by atoms with van der Waals surface area (Å²) in [5.74, 6) is 1.83. The van der Waals surface area contributed by atoms with Crippen molar-refractivity contribution < 1.29 is 0 Å². The first-order chi connectivity index (χ1) is 9.24. The minimum absolute atomic E-state index is 0.547. The molecule has 2 N–H and O–H groups in total. The summed E-state index contributed by atoms with van der Waals surface area (Å²) >= 11 is 0. The van der Waals surface area contributed by atoms with Gasteiger partial charge in [-0.1, -0.05) is 12.8 Å². The maximum atomic E-state index is 5.95. The molecule has 0 bridgehead atoms.